The zero-order chi connectivity index (χ0) is 14.7. The summed E-state index contributed by atoms with van der Waals surface area (Å²) >= 11 is 7.56. The number of hydrogen-bond donors (Lipinski definition) is 2. The van der Waals surface area contributed by atoms with Crippen LogP contribution in [0.3, 0.4) is 0 Å². The van der Waals surface area contributed by atoms with Crippen molar-refractivity contribution in [1.29, 1.82) is 0 Å². The fraction of sp³-hybridized carbons (Fsp3) is 0.0667. The van der Waals surface area contributed by atoms with Crippen LogP contribution in [0.25, 0.3) is 10.2 Å². The van der Waals surface area contributed by atoms with Crippen LogP contribution in [0.4, 0.5) is 10.5 Å². The Morgan fingerprint density at radius 2 is 1.90 bits per heavy atom. The first-order valence-corrected chi connectivity index (χ1v) is 7.55. The second kappa shape index (κ2) is 6.11. The van der Waals surface area contributed by atoms with E-state index >= 15 is 0 Å². The van der Waals surface area contributed by atoms with Gasteiger partial charge in [-0.3, -0.25) is 0 Å². The topological polar surface area (TPSA) is 54.0 Å². The summed E-state index contributed by atoms with van der Waals surface area (Å²) in [5.74, 6) is 0. The van der Waals surface area contributed by atoms with Crippen LogP contribution in [0.2, 0.25) is 5.02 Å². The molecule has 21 heavy (non-hydrogen) atoms. The number of fused-ring (bicyclic) bond motifs is 1. The molecule has 0 aliphatic carbocycles. The van der Waals surface area contributed by atoms with Crippen molar-refractivity contribution >= 4 is 44.9 Å². The van der Waals surface area contributed by atoms with Gasteiger partial charge >= 0.3 is 6.03 Å². The van der Waals surface area contributed by atoms with Gasteiger partial charge in [-0.15, -0.1) is 11.3 Å². The van der Waals surface area contributed by atoms with E-state index in [-0.39, 0.29) is 6.03 Å². The molecule has 0 spiro atoms. The minimum absolute atomic E-state index is 0.303. The van der Waals surface area contributed by atoms with Crippen molar-refractivity contribution < 1.29 is 4.79 Å². The van der Waals surface area contributed by atoms with Gasteiger partial charge < -0.3 is 10.6 Å². The summed E-state index contributed by atoms with van der Waals surface area (Å²) < 4.78 is 1.11. The fourth-order valence-corrected chi connectivity index (χ4v) is 2.97. The van der Waals surface area contributed by atoms with Gasteiger partial charge in [0.05, 0.1) is 27.5 Å². The van der Waals surface area contributed by atoms with E-state index in [0.717, 1.165) is 15.2 Å². The Labute approximate surface area is 130 Å². The number of nitrogens with one attached hydrogen (secondary N) is 2. The number of carbonyl (C=O) groups is 1. The fourth-order valence-electron chi connectivity index (χ4n) is 1.88. The molecule has 0 aliphatic heterocycles. The van der Waals surface area contributed by atoms with Gasteiger partial charge in [-0.25, -0.2) is 9.78 Å². The predicted octanol–water partition coefficient (Wildman–Crippen LogP) is 4.27. The first-order valence-electron chi connectivity index (χ1n) is 6.36. The molecule has 1 aromatic heterocycles. The van der Waals surface area contributed by atoms with Crippen LogP contribution in [0.1, 0.15) is 5.01 Å². The lowest BCUT2D eigenvalue weighted by molar-refractivity contribution is 0.251. The first-order chi connectivity index (χ1) is 10.2. The Bertz CT molecular complexity index is 754. The summed E-state index contributed by atoms with van der Waals surface area (Å²) in [7, 11) is 0. The minimum atomic E-state index is -0.303. The molecule has 0 radical (unpaired) electrons. The zero-order valence-electron chi connectivity index (χ0n) is 11.0. The summed E-state index contributed by atoms with van der Waals surface area (Å²) in [6.45, 7) is 0.385. The van der Waals surface area contributed by atoms with Crippen molar-refractivity contribution in [3.8, 4) is 0 Å². The molecule has 2 amide bonds. The summed E-state index contributed by atoms with van der Waals surface area (Å²) in [5, 5.41) is 6.86. The lowest BCUT2D eigenvalue weighted by Crippen LogP contribution is -2.28. The molecule has 2 aromatic carbocycles. The number of urea groups is 1. The molecule has 0 saturated heterocycles. The lowest BCUT2D eigenvalue weighted by atomic mass is 10.3. The monoisotopic (exact) mass is 317 g/mol. The molecule has 0 saturated carbocycles. The molecule has 106 valence electrons. The molecule has 4 nitrogen and oxygen atoms in total. The average molecular weight is 318 g/mol. The molecule has 1 heterocycles. The molecule has 6 heteroatoms. The van der Waals surface area contributed by atoms with Crippen LogP contribution in [0, 0.1) is 0 Å². The Kier molecular flexibility index (Phi) is 4.03. The van der Waals surface area contributed by atoms with Crippen LogP contribution < -0.4 is 10.6 Å². The van der Waals surface area contributed by atoms with Crippen molar-refractivity contribution in [2.75, 3.05) is 5.32 Å². The first kappa shape index (κ1) is 13.9. The predicted molar refractivity (Wildman–Crippen MR) is 86.9 cm³/mol. The van der Waals surface area contributed by atoms with Crippen LogP contribution in [0.15, 0.2) is 48.5 Å². The van der Waals surface area contributed by atoms with Crippen LogP contribution in [-0.4, -0.2) is 11.0 Å². The quantitative estimate of drug-likeness (QED) is 0.758. The van der Waals surface area contributed by atoms with Gasteiger partial charge in [0.2, 0.25) is 0 Å². The van der Waals surface area contributed by atoms with Crippen LogP contribution in [0.5, 0.6) is 0 Å². The van der Waals surface area contributed by atoms with Crippen molar-refractivity contribution in [2.45, 2.75) is 6.54 Å². The third-order valence-corrected chi connectivity index (χ3v) is 4.23. The number of benzene rings is 2. The number of hydrogen-bond acceptors (Lipinski definition) is 3. The summed E-state index contributed by atoms with van der Waals surface area (Å²) in [5.41, 5.74) is 1.53. The average Bonchev–Trinajstić information content (AvgIpc) is 2.90. The third kappa shape index (κ3) is 3.32. The van der Waals surface area contributed by atoms with Crippen molar-refractivity contribution in [3.05, 3.63) is 58.6 Å². The number of nitrogens with zero attached hydrogens (tertiary/aromatic N) is 1. The summed E-state index contributed by atoms with van der Waals surface area (Å²) in [6, 6.07) is 14.7. The standard InChI is InChI=1S/C15H12ClN3OS/c16-10-5-1-2-6-11(10)19-15(20)17-9-14-18-12-7-3-4-8-13(12)21-14/h1-8H,9H2,(H2,17,19,20). The highest BCUT2D eigenvalue weighted by Gasteiger charge is 2.07. The number of rotatable bonds is 3. The Hall–Kier alpha value is -2.11. The molecule has 3 aromatic rings. The van der Waals surface area contributed by atoms with E-state index in [1.807, 2.05) is 36.4 Å². The highest BCUT2D eigenvalue weighted by molar-refractivity contribution is 7.18. The van der Waals surface area contributed by atoms with Gasteiger partial charge in [-0.2, -0.15) is 0 Å². The second-order valence-corrected chi connectivity index (χ2v) is 5.89. The van der Waals surface area contributed by atoms with Gasteiger partial charge in [0.25, 0.3) is 0 Å². The molecular formula is C15H12ClN3OS. The van der Waals surface area contributed by atoms with E-state index in [1.165, 1.54) is 0 Å². The molecule has 3 rings (SSSR count). The number of anilines is 1. The maximum atomic E-state index is 11.8. The smallest absolute Gasteiger partial charge is 0.319 e. The van der Waals surface area contributed by atoms with Gasteiger partial charge in [0.1, 0.15) is 5.01 Å². The van der Waals surface area contributed by atoms with E-state index in [4.69, 9.17) is 11.6 Å². The summed E-state index contributed by atoms with van der Waals surface area (Å²) in [6.07, 6.45) is 0. The zero-order valence-corrected chi connectivity index (χ0v) is 12.5. The van der Waals surface area contributed by atoms with Crippen molar-refractivity contribution in [2.24, 2.45) is 0 Å². The number of thiazole rings is 1. The van der Waals surface area contributed by atoms with Gasteiger partial charge in [0.15, 0.2) is 0 Å². The Morgan fingerprint density at radius 1 is 1.14 bits per heavy atom. The number of amides is 2. The molecule has 0 unspecified atom stereocenters. The van der Waals surface area contributed by atoms with E-state index in [9.17, 15) is 4.79 Å². The van der Waals surface area contributed by atoms with Crippen LogP contribution >= 0.6 is 22.9 Å². The highest BCUT2D eigenvalue weighted by Crippen LogP contribution is 2.22. The maximum Gasteiger partial charge on any atom is 0.319 e. The minimum Gasteiger partial charge on any atom is -0.331 e. The van der Waals surface area contributed by atoms with Crippen molar-refractivity contribution in [3.63, 3.8) is 0 Å². The Morgan fingerprint density at radius 3 is 2.71 bits per heavy atom. The van der Waals surface area contributed by atoms with E-state index in [2.05, 4.69) is 15.6 Å². The number of para-hydroxylation sites is 2. The van der Waals surface area contributed by atoms with E-state index in [0.29, 0.717) is 17.3 Å². The van der Waals surface area contributed by atoms with E-state index in [1.54, 1.807) is 23.5 Å². The van der Waals surface area contributed by atoms with Crippen LogP contribution in [-0.2, 0) is 6.54 Å². The molecule has 0 aliphatic rings. The maximum absolute atomic E-state index is 11.8. The summed E-state index contributed by atoms with van der Waals surface area (Å²) in [4.78, 5) is 16.3. The van der Waals surface area contributed by atoms with E-state index < -0.39 is 0 Å². The van der Waals surface area contributed by atoms with Gasteiger partial charge in [-0.1, -0.05) is 35.9 Å². The number of halogens is 1. The molecule has 0 atom stereocenters. The second-order valence-electron chi connectivity index (χ2n) is 4.36. The molecule has 0 bridgehead atoms. The van der Waals surface area contributed by atoms with Crippen molar-refractivity contribution in [1.82, 2.24) is 10.3 Å². The molecule has 2 N–H and O–H groups in total. The number of carbonyl (C=O) groups excluding carboxylic acids is 1. The number of aromatic nitrogens is 1. The molecular weight excluding hydrogens is 306 g/mol. The largest absolute Gasteiger partial charge is 0.331 e. The molecule has 0 fully saturated rings. The Balaban J connectivity index is 1.62. The SMILES string of the molecule is O=C(NCc1nc2ccccc2s1)Nc1ccccc1Cl. The van der Waals surface area contributed by atoms with Gasteiger partial charge in [-0.05, 0) is 24.3 Å². The van der Waals surface area contributed by atoms with Gasteiger partial charge in [0, 0.05) is 0 Å². The third-order valence-electron chi connectivity index (χ3n) is 2.86. The highest BCUT2D eigenvalue weighted by atomic mass is 35.5. The normalized spacial score (nSPS) is 10.5. The lowest BCUT2D eigenvalue weighted by Gasteiger charge is -2.07.